The lowest BCUT2D eigenvalue weighted by Crippen LogP contribution is -2.49. The normalized spacial score (nSPS) is 16.0. The van der Waals surface area contributed by atoms with Gasteiger partial charge in [0, 0.05) is 31.9 Å². The van der Waals surface area contributed by atoms with E-state index in [1.165, 1.54) is 0 Å². The summed E-state index contributed by atoms with van der Waals surface area (Å²) in [6.07, 6.45) is 0. The molecule has 0 aliphatic carbocycles. The van der Waals surface area contributed by atoms with E-state index in [1.807, 2.05) is 55.5 Å². The number of anilines is 1. The van der Waals surface area contributed by atoms with Crippen LogP contribution in [0.4, 0.5) is 5.69 Å². The first-order valence-electron chi connectivity index (χ1n) is 8.40. The lowest BCUT2D eigenvalue weighted by molar-refractivity contribution is 0.384. The molecule has 0 atom stereocenters. The van der Waals surface area contributed by atoms with E-state index in [-0.39, 0.29) is 5.75 Å². The Bertz CT molecular complexity index is 794. The quantitative estimate of drug-likeness (QED) is 0.823. The van der Waals surface area contributed by atoms with E-state index in [0.717, 1.165) is 22.6 Å². The number of methoxy groups -OCH3 is 1. The minimum Gasteiger partial charge on any atom is -0.497 e. The van der Waals surface area contributed by atoms with Crippen molar-refractivity contribution in [1.82, 2.24) is 4.31 Å². The smallest absolute Gasteiger partial charge is 0.218 e. The van der Waals surface area contributed by atoms with Crippen LogP contribution in [-0.2, 0) is 15.8 Å². The first-order valence-corrected chi connectivity index (χ1v) is 10.0. The number of rotatable bonds is 5. The molecule has 6 heteroatoms. The van der Waals surface area contributed by atoms with E-state index in [1.54, 1.807) is 11.4 Å². The first-order chi connectivity index (χ1) is 12.0. The molecule has 5 nitrogen and oxygen atoms in total. The van der Waals surface area contributed by atoms with Crippen molar-refractivity contribution < 1.29 is 13.2 Å². The van der Waals surface area contributed by atoms with Crippen molar-refractivity contribution in [2.24, 2.45) is 0 Å². The highest BCUT2D eigenvalue weighted by molar-refractivity contribution is 7.88. The number of aryl methyl sites for hydroxylation is 1. The van der Waals surface area contributed by atoms with Crippen LogP contribution in [0.1, 0.15) is 11.1 Å². The van der Waals surface area contributed by atoms with Crippen LogP contribution in [0.5, 0.6) is 5.75 Å². The van der Waals surface area contributed by atoms with Crippen LogP contribution in [-0.4, -0.2) is 46.0 Å². The second kappa shape index (κ2) is 7.45. The Hall–Kier alpha value is -2.05. The zero-order valence-corrected chi connectivity index (χ0v) is 15.5. The van der Waals surface area contributed by atoms with E-state index < -0.39 is 10.0 Å². The van der Waals surface area contributed by atoms with Gasteiger partial charge in [0.1, 0.15) is 5.75 Å². The largest absolute Gasteiger partial charge is 0.497 e. The topological polar surface area (TPSA) is 49.9 Å². The van der Waals surface area contributed by atoms with Gasteiger partial charge in [-0.25, -0.2) is 8.42 Å². The molecule has 0 saturated carbocycles. The molecule has 2 aromatic carbocycles. The molecule has 0 aromatic heterocycles. The molecule has 0 amide bonds. The predicted molar refractivity (Wildman–Crippen MR) is 101 cm³/mol. The van der Waals surface area contributed by atoms with Gasteiger partial charge < -0.3 is 9.64 Å². The fourth-order valence-electron chi connectivity index (χ4n) is 3.00. The van der Waals surface area contributed by atoms with Gasteiger partial charge in [0.15, 0.2) is 0 Å². The number of hydrogen-bond donors (Lipinski definition) is 0. The highest BCUT2D eigenvalue weighted by Gasteiger charge is 2.27. The molecule has 0 bridgehead atoms. The summed E-state index contributed by atoms with van der Waals surface area (Å²) in [6.45, 7) is 4.41. The van der Waals surface area contributed by atoms with Gasteiger partial charge in [-0.05, 0) is 36.8 Å². The molecular formula is C19H24N2O3S. The lowest BCUT2D eigenvalue weighted by Gasteiger charge is -2.35. The van der Waals surface area contributed by atoms with Gasteiger partial charge in [-0.3, -0.25) is 0 Å². The predicted octanol–water partition coefficient (Wildman–Crippen LogP) is 2.66. The molecule has 1 aliphatic heterocycles. The molecule has 134 valence electrons. The van der Waals surface area contributed by atoms with Crippen LogP contribution in [0.25, 0.3) is 0 Å². The van der Waals surface area contributed by atoms with E-state index in [0.29, 0.717) is 26.2 Å². The molecule has 1 saturated heterocycles. The van der Waals surface area contributed by atoms with Crippen molar-refractivity contribution in [2.45, 2.75) is 12.7 Å². The Morgan fingerprint density at radius 2 is 1.52 bits per heavy atom. The lowest BCUT2D eigenvalue weighted by atomic mass is 10.2. The third-order valence-electron chi connectivity index (χ3n) is 4.54. The van der Waals surface area contributed by atoms with Gasteiger partial charge in [0.2, 0.25) is 10.0 Å². The molecule has 0 N–H and O–H groups in total. The van der Waals surface area contributed by atoms with Crippen LogP contribution in [0, 0.1) is 6.92 Å². The number of ether oxygens (including phenoxy) is 1. The summed E-state index contributed by atoms with van der Waals surface area (Å²) in [5, 5.41) is 0. The van der Waals surface area contributed by atoms with Crippen LogP contribution >= 0.6 is 0 Å². The molecule has 0 radical (unpaired) electrons. The van der Waals surface area contributed by atoms with Crippen LogP contribution < -0.4 is 9.64 Å². The van der Waals surface area contributed by atoms with Gasteiger partial charge >= 0.3 is 0 Å². The zero-order valence-electron chi connectivity index (χ0n) is 14.7. The van der Waals surface area contributed by atoms with Gasteiger partial charge in [-0.15, -0.1) is 0 Å². The van der Waals surface area contributed by atoms with Gasteiger partial charge in [0.25, 0.3) is 0 Å². The summed E-state index contributed by atoms with van der Waals surface area (Å²) in [5.41, 5.74) is 3.06. The molecule has 1 heterocycles. The van der Waals surface area contributed by atoms with E-state index in [2.05, 4.69) is 4.90 Å². The van der Waals surface area contributed by atoms with Crippen LogP contribution in [0.15, 0.2) is 48.5 Å². The third-order valence-corrected chi connectivity index (χ3v) is 6.39. The van der Waals surface area contributed by atoms with E-state index in [9.17, 15) is 8.42 Å². The third kappa shape index (κ3) is 4.32. The Morgan fingerprint density at radius 3 is 2.08 bits per heavy atom. The first kappa shape index (κ1) is 17.8. The average Bonchev–Trinajstić information content (AvgIpc) is 2.64. The highest BCUT2D eigenvalue weighted by atomic mass is 32.2. The molecule has 25 heavy (non-hydrogen) atoms. The van der Waals surface area contributed by atoms with Gasteiger partial charge in [-0.1, -0.05) is 29.8 Å². The maximum absolute atomic E-state index is 12.7. The fourth-order valence-corrected chi connectivity index (χ4v) is 4.52. The van der Waals surface area contributed by atoms with Crippen molar-refractivity contribution in [3.05, 3.63) is 59.7 Å². The molecule has 1 fully saturated rings. The molecule has 0 unspecified atom stereocenters. The number of nitrogens with zero attached hydrogens (tertiary/aromatic N) is 2. The molecule has 0 spiro atoms. The standard InChI is InChI=1S/C19H24N2O3S/c1-16-3-5-17(6-4-16)15-25(22,23)21-13-11-20(12-14-21)18-7-9-19(24-2)10-8-18/h3-10H,11-15H2,1-2H3. The second-order valence-electron chi connectivity index (χ2n) is 6.33. The summed E-state index contributed by atoms with van der Waals surface area (Å²) in [5.74, 6) is 0.888. The highest BCUT2D eigenvalue weighted by Crippen LogP contribution is 2.22. The second-order valence-corrected chi connectivity index (χ2v) is 8.29. The van der Waals surface area contributed by atoms with E-state index >= 15 is 0 Å². The fraction of sp³-hybridized carbons (Fsp3) is 0.368. The summed E-state index contributed by atoms with van der Waals surface area (Å²) < 4.78 is 32.1. The minimum absolute atomic E-state index is 0.0653. The molecule has 2 aromatic rings. The summed E-state index contributed by atoms with van der Waals surface area (Å²) in [7, 11) is -1.63. The molecule has 1 aliphatic rings. The number of piperazine rings is 1. The minimum atomic E-state index is -3.28. The summed E-state index contributed by atoms with van der Waals surface area (Å²) in [6, 6.07) is 15.6. The van der Waals surface area contributed by atoms with Crippen molar-refractivity contribution >= 4 is 15.7 Å². The monoisotopic (exact) mass is 360 g/mol. The Morgan fingerprint density at radius 1 is 0.920 bits per heavy atom. The van der Waals surface area contributed by atoms with E-state index in [4.69, 9.17) is 4.74 Å². The van der Waals surface area contributed by atoms with Crippen molar-refractivity contribution in [2.75, 3.05) is 38.2 Å². The summed E-state index contributed by atoms with van der Waals surface area (Å²) >= 11 is 0. The Kier molecular flexibility index (Phi) is 5.30. The molecule has 3 rings (SSSR count). The maximum atomic E-state index is 12.7. The average molecular weight is 360 g/mol. The molecular weight excluding hydrogens is 336 g/mol. The van der Waals surface area contributed by atoms with Crippen molar-refractivity contribution in [1.29, 1.82) is 0 Å². The van der Waals surface area contributed by atoms with Gasteiger partial charge in [-0.2, -0.15) is 4.31 Å². The van der Waals surface area contributed by atoms with Crippen LogP contribution in [0.3, 0.4) is 0 Å². The summed E-state index contributed by atoms with van der Waals surface area (Å²) in [4.78, 5) is 2.21. The Balaban J connectivity index is 1.61. The van der Waals surface area contributed by atoms with Crippen molar-refractivity contribution in [3.8, 4) is 5.75 Å². The maximum Gasteiger partial charge on any atom is 0.218 e. The number of benzene rings is 2. The van der Waals surface area contributed by atoms with Gasteiger partial charge in [0.05, 0.1) is 12.9 Å². The number of hydrogen-bond acceptors (Lipinski definition) is 4. The van der Waals surface area contributed by atoms with Crippen LogP contribution in [0.2, 0.25) is 0 Å². The zero-order chi connectivity index (χ0) is 17.9. The SMILES string of the molecule is COc1ccc(N2CCN(S(=O)(=O)Cc3ccc(C)cc3)CC2)cc1. The number of sulfonamides is 1. The van der Waals surface area contributed by atoms with Crippen molar-refractivity contribution in [3.63, 3.8) is 0 Å². The Labute approximate surface area is 149 Å².